The monoisotopic (exact) mass is 303 g/mol. The Morgan fingerprint density at radius 3 is 2.73 bits per heavy atom. The number of carbonyl (C=O) groups excluding carboxylic acids is 2. The number of hydrogen-bond donors (Lipinski definition) is 3. The maximum absolute atomic E-state index is 12.2. The van der Waals surface area contributed by atoms with Gasteiger partial charge in [-0.15, -0.1) is 6.58 Å². The molecule has 1 aromatic rings. The van der Waals surface area contributed by atoms with Gasteiger partial charge in [0.05, 0.1) is 12.6 Å². The lowest BCUT2D eigenvalue weighted by Gasteiger charge is -2.23. The van der Waals surface area contributed by atoms with Crippen LogP contribution in [0.1, 0.15) is 23.2 Å². The van der Waals surface area contributed by atoms with Crippen molar-refractivity contribution in [1.82, 2.24) is 10.2 Å². The Kier molecular flexibility index (Phi) is 5.55. The van der Waals surface area contributed by atoms with Gasteiger partial charge >= 0.3 is 6.03 Å². The van der Waals surface area contributed by atoms with Crippen LogP contribution in [-0.4, -0.2) is 47.7 Å². The Bertz CT molecular complexity index is 542. The molecule has 118 valence electrons. The standard InChI is InChI=1S/C16H21N3O3/c1-2-9-17-15(21)12-5-7-13(8-6-12)18-16(22)19-10-3-4-14(19)11-20/h2,5-8,14,20H,1,3-4,9-11H2,(H,17,21)(H,18,22)/t14-/m0/s1. The highest BCUT2D eigenvalue weighted by Gasteiger charge is 2.27. The molecule has 1 aliphatic heterocycles. The van der Waals surface area contributed by atoms with E-state index in [2.05, 4.69) is 17.2 Å². The van der Waals surface area contributed by atoms with Gasteiger partial charge in [0.2, 0.25) is 0 Å². The first-order valence-electron chi connectivity index (χ1n) is 7.33. The number of hydrogen-bond acceptors (Lipinski definition) is 3. The van der Waals surface area contributed by atoms with E-state index in [0.29, 0.717) is 24.3 Å². The van der Waals surface area contributed by atoms with Gasteiger partial charge in [-0.1, -0.05) is 6.08 Å². The summed E-state index contributed by atoms with van der Waals surface area (Å²) in [7, 11) is 0. The molecule has 3 N–H and O–H groups in total. The molecular weight excluding hydrogens is 282 g/mol. The zero-order valence-corrected chi connectivity index (χ0v) is 12.4. The van der Waals surface area contributed by atoms with Crippen LogP contribution in [0.5, 0.6) is 0 Å². The Morgan fingerprint density at radius 1 is 1.36 bits per heavy atom. The zero-order chi connectivity index (χ0) is 15.9. The fourth-order valence-corrected chi connectivity index (χ4v) is 2.46. The van der Waals surface area contributed by atoms with Crippen LogP contribution in [-0.2, 0) is 0 Å². The van der Waals surface area contributed by atoms with E-state index in [0.717, 1.165) is 12.8 Å². The number of nitrogens with zero attached hydrogens (tertiary/aromatic N) is 1. The summed E-state index contributed by atoms with van der Waals surface area (Å²) < 4.78 is 0. The van der Waals surface area contributed by atoms with Gasteiger partial charge in [-0.25, -0.2) is 4.79 Å². The molecule has 0 aliphatic carbocycles. The van der Waals surface area contributed by atoms with E-state index in [-0.39, 0.29) is 24.6 Å². The topological polar surface area (TPSA) is 81.7 Å². The predicted octanol–water partition coefficient (Wildman–Crippen LogP) is 1.59. The van der Waals surface area contributed by atoms with Crippen LogP contribution in [0.15, 0.2) is 36.9 Å². The Morgan fingerprint density at radius 2 is 2.09 bits per heavy atom. The number of amides is 3. The van der Waals surface area contributed by atoms with E-state index in [9.17, 15) is 14.7 Å². The van der Waals surface area contributed by atoms with E-state index < -0.39 is 0 Å². The van der Waals surface area contributed by atoms with Gasteiger partial charge in [0, 0.05) is 24.3 Å². The first kappa shape index (κ1) is 16.0. The van der Waals surface area contributed by atoms with Crippen molar-refractivity contribution in [1.29, 1.82) is 0 Å². The molecule has 1 aliphatic rings. The molecule has 0 spiro atoms. The van der Waals surface area contributed by atoms with Crippen molar-refractivity contribution < 1.29 is 14.7 Å². The second kappa shape index (κ2) is 7.61. The van der Waals surface area contributed by atoms with Gasteiger partial charge in [-0.05, 0) is 37.1 Å². The quantitative estimate of drug-likeness (QED) is 0.723. The summed E-state index contributed by atoms with van der Waals surface area (Å²) in [5.74, 6) is -0.183. The van der Waals surface area contributed by atoms with Crippen LogP contribution in [0.3, 0.4) is 0 Å². The fraction of sp³-hybridized carbons (Fsp3) is 0.375. The van der Waals surface area contributed by atoms with Crippen molar-refractivity contribution in [3.8, 4) is 0 Å². The minimum absolute atomic E-state index is 0.0180. The summed E-state index contributed by atoms with van der Waals surface area (Å²) in [6, 6.07) is 6.35. The molecule has 0 aromatic heterocycles. The second-order valence-electron chi connectivity index (χ2n) is 5.18. The molecule has 1 saturated heterocycles. The van der Waals surface area contributed by atoms with Crippen LogP contribution in [0, 0.1) is 0 Å². The van der Waals surface area contributed by atoms with Crippen molar-refractivity contribution in [2.75, 3.05) is 25.0 Å². The normalized spacial score (nSPS) is 17.1. The van der Waals surface area contributed by atoms with Crippen LogP contribution >= 0.6 is 0 Å². The van der Waals surface area contributed by atoms with Crippen molar-refractivity contribution in [2.45, 2.75) is 18.9 Å². The minimum Gasteiger partial charge on any atom is -0.394 e. The number of urea groups is 1. The van der Waals surface area contributed by atoms with E-state index in [1.165, 1.54) is 0 Å². The van der Waals surface area contributed by atoms with Crippen molar-refractivity contribution in [2.24, 2.45) is 0 Å². The molecule has 1 fully saturated rings. The zero-order valence-electron chi connectivity index (χ0n) is 12.4. The highest BCUT2D eigenvalue weighted by Crippen LogP contribution is 2.18. The Balaban J connectivity index is 1.94. The first-order chi connectivity index (χ1) is 10.7. The van der Waals surface area contributed by atoms with E-state index >= 15 is 0 Å². The third kappa shape index (κ3) is 3.85. The van der Waals surface area contributed by atoms with Gasteiger partial charge in [-0.3, -0.25) is 4.79 Å². The number of anilines is 1. The largest absolute Gasteiger partial charge is 0.394 e. The van der Waals surface area contributed by atoms with Crippen LogP contribution < -0.4 is 10.6 Å². The van der Waals surface area contributed by atoms with Gasteiger partial charge in [0.25, 0.3) is 5.91 Å². The molecule has 6 nitrogen and oxygen atoms in total. The summed E-state index contributed by atoms with van der Waals surface area (Å²) in [4.78, 5) is 25.5. The minimum atomic E-state index is -0.222. The molecule has 3 amide bonds. The molecule has 1 heterocycles. The fourth-order valence-electron chi connectivity index (χ4n) is 2.46. The summed E-state index contributed by atoms with van der Waals surface area (Å²) in [6.07, 6.45) is 3.34. The molecule has 1 aromatic carbocycles. The smallest absolute Gasteiger partial charge is 0.322 e. The number of likely N-dealkylation sites (tertiary alicyclic amines) is 1. The maximum atomic E-state index is 12.2. The predicted molar refractivity (Wildman–Crippen MR) is 84.8 cm³/mol. The summed E-state index contributed by atoms with van der Waals surface area (Å²) in [5, 5.41) is 14.7. The lowest BCUT2D eigenvalue weighted by atomic mass is 10.2. The van der Waals surface area contributed by atoms with Crippen LogP contribution in [0.4, 0.5) is 10.5 Å². The third-order valence-corrected chi connectivity index (χ3v) is 3.65. The molecule has 0 unspecified atom stereocenters. The molecule has 1 atom stereocenters. The first-order valence-corrected chi connectivity index (χ1v) is 7.33. The second-order valence-corrected chi connectivity index (χ2v) is 5.18. The lowest BCUT2D eigenvalue weighted by molar-refractivity contribution is 0.0958. The molecule has 0 saturated carbocycles. The number of benzene rings is 1. The molecule has 2 rings (SSSR count). The third-order valence-electron chi connectivity index (χ3n) is 3.65. The maximum Gasteiger partial charge on any atom is 0.322 e. The molecule has 0 radical (unpaired) electrons. The van der Waals surface area contributed by atoms with Crippen molar-refractivity contribution >= 4 is 17.6 Å². The van der Waals surface area contributed by atoms with Crippen molar-refractivity contribution in [3.05, 3.63) is 42.5 Å². The highest BCUT2D eigenvalue weighted by atomic mass is 16.3. The van der Waals surface area contributed by atoms with Gasteiger partial charge < -0.3 is 20.6 Å². The summed E-state index contributed by atoms with van der Waals surface area (Å²) >= 11 is 0. The Hall–Kier alpha value is -2.34. The van der Waals surface area contributed by atoms with Gasteiger partial charge in [0.15, 0.2) is 0 Å². The number of nitrogens with one attached hydrogen (secondary N) is 2. The Labute approximate surface area is 129 Å². The average Bonchev–Trinajstić information content (AvgIpc) is 3.02. The highest BCUT2D eigenvalue weighted by molar-refractivity contribution is 5.95. The average molecular weight is 303 g/mol. The lowest BCUT2D eigenvalue weighted by Crippen LogP contribution is -2.40. The van der Waals surface area contributed by atoms with E-state index in [1.54, 1.807) is 35.2 Å². The summed E-state index contributed by atoms with van der Waals surface area (Å²) in [6.45, 7) is 4.58. The molecule has 0 bridgehead atoms. The van der Waals surface area contributed by atoms with Crippen LogP contribution in [0.2, 0.25) is 0 Å². The molecule has 6 heteroatoms. The number of rotatable bonds is 5. The van der Waals surface area contributed by atoms with Crippen LogP contribution in [0.25, 0.3) is 0 Å². The van der Waals surface area contributed by atoms with E-state index in [4.69, 9.17) is 0 Å². The molecule has 22 heavy (non-hydrogen) atoms. The SMILES string of the molecule is C=CCNC(=O)c1ccc(NC(=O)N2CCC[C@H]2CO)cc1. The van der Waals surface area contributed by atoms with Gasteiger partial charge in [0.1, 0.15) is 0 Å². The van der Waals surface area contributed by atoms with Crippen molar-refractivity contribution in [3.63, 3.8) is 0 Å². The molecular formula is C16H21N3O3. The number of aliphatic hydroxyl groups is 1. The summed E-state index contributed by atoms with van der Waals surface area (Å²) in [5.41, 5.74) is 1.14. The van der Waals surface area contributed by atoms with Gasteiger partial charge in [-0.2, -0.15) is 0 Å². The number of aliphatic hydroxyl groups excluding tert-OH is 1. The van der Waals surface area contributed by atoms with E-state index in [1.807, 2.05) is 0 Å². The number of carbonyl (C=O) groups is 2.